The summed E-state index contributed by atoms with van der Waals surface area (Å²) in [7, 11) is 0. The number of piperazine rings is 1. The minimum atomic E-state index is -0.625. The minimum Gasteiger partial charge on any atom is -0.508 e. The van der Waals surface area contributed by atoms with Crippen LogP contribution in [-0.4, -0.2) is 58.8 Å². The number of nitrogens with zero attached hydrogens (tertiary/aromatic N) is 1. The molecule has 2 aromatic carbocycles. The molecule has 0 spiro atoms. The Bertz CT molecular complexity index is 1010. The van der Waals surface area contributed by atoms with Crippen LogP contribution in [0.25, 0.3) is 0 Å². The number of piperidine rings is 1. The number of urea groups is 1. The largest absolute Gasteiger partial charge is 0.508 e. The van der Waals surface area contributed by atoms with E-state index in [1.54, 1.807) is 40.9 Å². The number of rotatable bonds is 5. The molecule has 2 saturated heterocycles. The molecule has 0 bridgehead atoms. The van der Waals surface area contributed by atoms with Crippen LogP contribution < -0.4 is 16.0 Å². The fourth-order valence-corrected chi connectivity index (χ4v) is 4.66. The number of carbonyl (C=O) groups excluding carboxylic acids is 3. The van der Waals surface area contributed by atoms with E-state index >= 15 is 0 Å². The molecular weight excluding hydrogens is 428 g/mol. The maximum absolute atomic E-state index is 13.0. The molecule has 0 saturated carbocycles. The number of fused-ring (bicyclic) bond motifs is 1. The zero-order valence-electron chi connectivity index (χ0n) is 17.7. The van der Waals surface area contributed by atoms with Crippen molar-refractivity contribution in [3.8, 4) is 5.75 Å². The Morgan fingerprint density at radius 1 is 1.22 bits per heavy atom. The first-order chi connectivity index (χ1) is 15.4. The van der Waals surface area contributed by atoms with Gasteiger partial charge in [-0.2, -0.15) is 0 Å². The Hall–Kier alpha value is -3.20. The van der Waals surface area contributed by atoms with E-state index in [4.69, 9.17) is 0 Å². The van der Waals surface area contributed by atoms with Gasteiger partial charge in [-0.25, -0.2) is 4.79 Å². The summed E-state index contributed by atoms with van der Waals surface area (Å²) in [6.07, 6.45) is 3.30. The number of nitrogens with one attached hydrogen (secondary N) is 3. The first-order valence-electron chi connectivity index (χ1n) is 10.5. The fourth-order valence-electron chi connectivity index (χ4n) is 4.20. The second-order valence-corrected chi connectivity index (χ2v) is 8.91. The van der Waals surface area contributed by atoms with Crippen LogP contribution in [0.5, 0.6) is 5.75 Å². The Morgan fingerprint density at radius 3 is 2.75 bits per heavy atom. The van der Waals surface area contributed by atoms with E-state index < -0.39 is 12.1 Å². The third-order valence-electron chi connectivity index (χ3n) is 5.84. The van der Waals surface area contributed by atoms with Gasteiger partial charge in [-0.05, 0) is 55.0 Å². The van der Waals surface area contributed by atoms with E-state index in [2.05, 4.69) is 16.0 Å². The monoisotopic (exact) mass is 454 g/mol. The molecule has 4 N–H and O–H groups in total. The maximum atomic E-state index is 13.0. The summed E-state index contributed by atoms with van der Waals surface area (Å²) in [6.45, 7) is 0.413. The Kier molecular flexibility index (Phi) is 6.55. The molecule has 32 heavy (non-hydrogen) atoms. The summed E-state index contributed by atoms with van der Waals surface area (Å²) in [5, 5.41) is 18.0. The number of hydrogen-bond donors (Lipinski definition) is 4. The summed E-state index contributed by atoms with van der Waals surface area (Å²) in [6, 6.07) is 12.4. The zero-order valence-corrected chi connectivity index (χ0v) is 18.5. The first-order valence-corrected chi connectivity index (χ1v) is 11.8. The zero-order chi connectivity index (χ0) is 22.7. The number of amides is 4. The summed E-state index contributed by atoms with van der Waals surface area (Å²) < 4.78 is 0. The molecule has 0 aromatic heterocycles. The van der Waals surface area contributed by atoms with Crippen LogP contribution >= 0.6 is 11.8 Å². The second kappa shape index (κ2) is 9.52. The molecule has 8 nitrogen and oxygen atoms in total. The van der Waals surface area contributed by atoms with Gasteiger partial charge in [0.1, 0.15) is 17.8 Å². The smallest absolute Gasteiger partial charge is 0.319 e. The van der Waals surface area contributed by atoms with Crippen molar-refractivity contribution in [2.75, 3.05) is 18.1 Å². The Labute approximate surface area is 190 Å². The molecule has 9 heteroatoms. The number of anilines is 1. The Morgan fingerprint density at radius 2 is 2.00 bits per heavy atom. The SMILES string of the molecule is CSc1cccc(NC(=O)NC2CCN3C(=O)C(Cc4ccc(O)cc4)NC(=O)C3C2)c1. The van der Waals surface area contributed by atoms with Gasteiger partial charge in [-0.1, -0.05) is 18.2 Å². The van der Waals surface area contributed by atoms with Crippen molar-refractivity contribution in [3.63, 3.8) is 0 Å². The van der Waals surface area contributed by atoms with E-state index in [1.165, 1.54) is 0 Å². The number of hydrogen-bond acceptors (Lipinski definition) is 5. The third-order valence-corrected chi connectivity index (χ3v) is 6.57. The molecule has 3 atom stereocenters. The molecule has 2 aliphatic heterocycles. The molecule has 0 radical (unpaired) electrons. The molecule has 2 heterocycles. The predicted octanol–water partition coefficient (Wildman–Crippen LogP) is 2.34. The number of benzene rings is 2. The topological polar surface area (TPSA) is 111 Å². The molecule has 3 unspecified atom stereocenters. The minimum absolute atomic E-state index is 0.112. The van der Waals surface area contributed by atoms with Gasteiger partial charge in [-0.15, -0.1) is 11.8 Å². The summed E-state index contributed by atoms with van der Waals surface area (Å²) >= 11 is 1.59. The van der Waals surface area contributed by atoms with E-state index in [-0.39, 0.29) is 29.6 Å². The van der Waals surface area contributed by atoms with Gasteiger partial charge >= 0.3 is 6.03 Å². The van der Waals surface area contributed by atoms with Crippen LogP contribution in [0.2, 0.25) is 0 Å². The summed E-state index contributed by atoms with van der Waals surface area (Å²) in [5.74, 6) is -0.157. The van der Waals surface area contributed by atoms with Crippen LogP contribution in [0, 0.1) is 0 Å². The molecular formula is C23H26N4O4S. The van der Waals surface area contributed by atoms with Gasteiger partial charge in [0, 0.05) is 29.6 Å². The van der Waals surface area contributed by atoms with Crippen molar-refractivity contribution in [1.82, 2.24) is 15.5 Å². The van der Waals surface area contributed by atoms with Crippen molar-refractivity contribution in [2.45, 2.75) is 42.3 Å². The van der Waals surface area contributed by atoms with Crippen molar-refractivity contribution in [2.24, 2.45) is 0 Å². The standard InChI is InChI=1S/C23H26N4O4S/c1-32-18-4-2-3-15(12-18)24-23(31)25-16-9-10-27-20(13-16)21(29)26-19(22(27)30)11-14-5-7-17(28)8-6-14/h2-8,12,16,19-20,28H,9-11,13H2,1H3,(H,26,29)(H2,24,25,31). The van der Waals surface area contributed by atoms with Crippen LogP contribution in [0.3, 0.4) is 0 Å². The third kappa shape index (κ3) is 4.99. The second-order valence-electron chi connectivity index (χ2n) is 8.03. The van der Waals surface area contributed by atoms with Gasteiger partial charge in [0.2, 0.25) is 11.8 Å². The van der Waals surface area contributed by atoms with Crippen LogP contribution in [-0.2, 0) is 16.0 Å². The number of carbonyl (C=O) groups is 3. The summed E-state index contributed by atoms with van der Waals surface area (Å²) in [5.41, 5.74) is 1.56. The number of phenols is 1. The number of phenolic OH excluding ortho intramolecular Hbond substituents is 1. The highest BCUT2D eigenvalue weighted by Gasteiger charge is 2.44. The highest BCUT2D eigenvalue weighted by Crippen LogP contribution is 2.24. The van der Waals surface area contributed by atoms with Crippen LogP contribution in [0.1, 0.15) is 18.4 Å². The molecule has 4 rings (SSSR count). The predicted molar refractivity (Wildman–Crippen MR) is 123 cm³/mol. The average molecular weight is 455 g/mol. The van der Waals surface area contributed by atoms with Crippen molar-refractivity contribution in [1.29, 1.82) is 0 Å². The van der Waals surface area contributed by atoms with E-state index in [0.29, 0.717) is 31.5 Å². The fraction of sp³-hybridized carbons (Fsp3) is 0.348. The lowest BCUT2D eigenvalue weighted by Crippen LogP contribution is -2.67. The van der Waals surface area contributed by atoms with Crippen molar-refractivity contribution >= 4 is 35.3 Å². The molecule has 0 aliphatic carbocycles. The van der Waals surface area contributed by atoms with Crippen molar-refractivity contribution in [3.05, 3.63) is 54.1 Å². The van der Waals surface area contributed by atoms with E-state index in [9.17, 15) is 19.5 Å². The van der Waals surface area contributed by atoms with E-state index in [0.717, 1.165) is 10.5 Å². The normalized spacial score (nSPS) is 22.7. The highest BCUT2D eigenvalue weighted by atomic mass is 32.2. The van der Waals surface area contributed by atoms with Gasteiger partial charge in [0.25, 0.3) is 0 Å². The molecule has 2 fully saturated rings. The quantitative estimate of drug-likeness (QED) is 0.519. The van der Waals surface area contributed by atoms with Gasteiger partial charge in [0.05, 0.1) is 0 Å². The van der Waals surface area contributed by atoms with E-state index in [1.807, 2.05) is 30.5 Å². The van der Waals surface area contributed by atoms with Gasteiger partial charge < -0.3 is 26.0 Å². The maximum Gasteiger partial charge on any atom is 0.319 e. The highest BCUT2D eigenvalue weighted by molar-refractivity contribution is 7.98. The summed E-state index contributed by atoms with van der Waals surface area (Å²) in [4.78, 5) is 40.8. The van der Waals surface area contributed by atoms with Crippen molar-refractivity contribution < 1.29 is 19.5 Å². The van der Waals surface area contributed by atoms with Crippen LogP contribution in [0.4, 0.5) is 10.5 Å². The molecule has 4 amide bonds. The molecule has 168 valence electrons. The molecule has 2 aromatic rings. The first kappa shape index (κ1) is 22.0. The number of thioether (sulfide) groups is 1. The average Bonchev–Trinajstić information content (AvgIpc) is 2.79. The van der Waals surface area contributed by atoms with Gasteiger partial charge in [0.15, 0.2) is 0 Å². The number of aromatic hydroxyl groups is 1. The lowest BCUT2D eigenvalue weighted by Gasteiger charge is -2.44. The van der Waals surface area contributed by atoms with Crippen LogP contribution in [0.15, 0.2) is 53.4 Å². The lowest BCUT2D eigenvalue weighted by molar-refractivity contribution is -0.151. The Balaban J connectivity index is 1.34. The molecule has 2 aliphatic rings. The van der Waals surface area contributed by atoms with Gasteiger partial charge in [-0.3, -0.25) is 9.59 Å². The lowest BCUT2D eigenvalue weighted by atomic mass is 9.91.